The van der Waals surface area contributed by atoms with Gasteiger partial charge in [-0.15, -0.1) is 0 Å². The Morgan fingerprint density at radius 2 is 1.62 bits per heavy atom. The van der Waals surface area contributed by atoms with E-state index in [0.29, 0.717) is 56.4 Å². The van der Waals surface area contributed by atoms with Crippen LogP contribution in [0.4, 0.5) is 26.3 Å². The molecule has 2 aromatic heterocycles. The average molecular weight is 623 g/mol. The summed E-state index contributed by atoms with van der Waals surface area (Å²) >= 11 is 0. The fraction of sp³-hybridized carbons (Fsp3) is 0.400. The van der Waals surface area contributed by atoms with Gasteiger partial charge in [0, 0.05) is 19.6 Å². The number of nitriles is 1. The molecule has 240 valence electrons. The maximum atomic E-state index is 12.5. The average Bonchev–Trinajstić information content (AvgIpc) is 3.62. The zero-order valence-electron chi connectivity index (χ0n) is 25.3. The van der Waals surface area contributed by atoms with Crippen LogP contribution in [0.25, 0.3) is 22.1 Å². The van der Waals surface area contributed by atoms with Crippen molar-refractivity contribution in [3.63, 3.8) is 0 Å². The predicted octanol–water partition coefficient (Wildman–Crippen LogP) is 5.02. The molecule has 0 radical (unpaired) electrons. The molecule has 0 aliphatic rings. The van der Waals surface area contributed by atoms with E-state index in [1.165, 1.54) is 11.7 Å². The van der Waals surface area contributed by atoms with Gasteiger partial charge in [-0.05, 0) is 44.0 Å². The molecule has 0 bridgehead atoms. The van der Waals surface area contributed by atoms with E-state index >= 15 is 0 Å². The van der Waals surface area contributed by atoms with Gasteiger partial charge in [-0.25, -0.2) is 28.9 Å². The quantitative estimate of drug-likeness (QED) is 0.139. The summed E-state index contributed by atoms with van der Waals surface area (Å²) in [5.41, 5.74) is 2.82. The summed E-state index contributed by atoms with van der Waals surface area (Å²) < 4.78 is 21.2. The number of amides is 3. The van der Waals surface area contributed by atoms with Crippen molar-refractivity contribution >= 4 is 52.2 Å². The number of benzene rings is 2. The summed E-state index contributed by atoms with van der Waals surface area (Å²) in [6.07, 6.45) is 1.72. The standard InChI is InChI=1S/C16H19N5O3.C14H19N3O4/c1-24-16(23)20-14-19-12-8-4-5-9-13(12)21(14)15(22)18-11-7-3-2-6-10-17;1-2-19-7-8-20-9-10-21-14(18)17-13-15-11-5-3-4-6-12(11)16-13/h4-5,8-9H,2-3,6-7,11H2,1H3,(H,18,22)(H,19,20,23);3-6H,2,7-10H2,1H3,(H2,15,16,17,18). The lowest BCUT2D eigenvalue weighted by atomic mass is 10.2. The van der Waals surface area contributed by atoms with E-state index in [-0.39, 0.29) is 18.6 Å². The first-order valence-electron chi connectivity index (χ1n) is 14.5. The van der Waals surface area contributed by atoms with E-state index in [9.17, 15) is 14.4 Å². The molecule has 0 saturated heterocycles. The third-order valence-corrected chi connectivity index (χ3v) is 6.05. The Bertz CT molecular complexity index is 1530. The van der Waals surface area contributed by atoms with Crippen LogP contribution in [0, 0.1) is 11.3 Å². The largest absolute Gasteiger partial charge is 0.453 e. The summed E-state index contributed by atoms with van der Waals surface area (Å²) in [5, 5.41) is 16.3. The van der Waals surface area contributed by atoms with Crippen LogP contribution in [-0.2, 0) is 18.9 Å². The molecule has 0 aliphatic heterocycles. The molecule has 45 heavy (non-hydrogen) atoms. The van der Waals surface area contributed by atoms with Crippen molar-refractivity contribution in [2.75, 3.05) is 57.3 Å². The fourth-order valence-corrected chi connectivity index (χ4v) is 3.94. The number of para-hydroxylation sites is 4. The number of fused-ring (bicyclic) bond motifs is 2. The van der Waals surface area contributed by atoms with Gasteiger partial charge in [-0.2, -0.15) is 5.26 Å². The number of ether oxygens (including phenoxy) is 4. The summed E-state index contributed by atoms with van der Waals surface area (Å²) in [4.78, 5) is 46.9. The molecule has 2 heterocycles. The van der Waals surface area contributed by atoms with Crippen LogP contribution in [0.2, 0.25) is 0 Å². The number of nitrogens with zero attached hydrogens (tertiary/aromatic N) is 4. The smallest absolute Gasteiger partial charge is 0.414 e. The molecule has 3 amide bonds. The monoisotopic (exact) mass is 622 g/mol. The Hall–Kier alpha value is -5.20. The van der Waals surface area contributed by atoms with Crippen LogP contribution < -0.4 is 16.0 Å². The van der Waals surface area contributed by atoms with E-state index in [2.05, 4.69) is 41.7 Å². The maximum Gasteiger partial charge on any atom is 0.414 e. The van der Waals surface area contributed by atoms with Gasteiger partial charge >= 0.3 is 18.2 Å². The first-order valence-corrected chi connectivity index (χ1v) is 14.5. The second kappa shape index (κ2) is 19.2. The van der Waals surface area contributed by atoms with E-state index in [4.69, 9.17) is 19.5 Å². The number of imidazole rings is 2. The van der Waals surface area contributed by atoms with Crippen molar-refractivity contribution < 1.29 is 33.3 Å². The Labute approximate surface area is 260 Å². The minimum Gasteiger partial charge on any atom is -0.453 e. The number of aromatic nitrogens is 4. The molecular formula is C30H38N8O7. The van der Waals surface area contributed by atoms with Crippen molar-refractivity contribution in [1.29, 1.82) is 5.26 Å². The van der Waals surface area contributed by atoms with Crippen LogP contribution in [-0.4, -0.2) is 84.4 Å². The van der Waals surface area contributed by atoms with Gasteiger partial charge < -0.3 is 29.2 Å². The highest BCUT2D eigenvalue weighted by atomic mass is 16.6. The van der Waals surface area contributed by atoms with Gasteiger partial charge in [0.2, 0.25) is 11.9 Å². The summed E-state index contributed by atoms with van der Waals surface area (Å²) in [7, 11) is 1.24. The molecule has 0 atom stereocenters. The Morgan fingerprint density at radius 1 is 0.889 bits per heavy atom. The fourth-order valence-electron chi connectivity index (χ4n) is 3.94. The first-order chi connectivity index (χ1) is 22.0. The number of methoxy groups -OCH3 is 1. The van der Waals surface area contributed by atoms with Gasteiger partial charge in [-0.3, -0.25) is 10.6 Å². The molecule has 4 aromatic rings. The SMILES string of the molecule is CCOCCOCCOC(=O)Nc1nc2ccccc2[nH]1.COC(=O)Nc1nc2ccccc2n1C(=O)NCCCCCC#N. The van der Waals surface area contributed by atoms with Crippen LogP contribution in [0.15, 0.2) is 48.5 Å². The third-order valence-electron chi connectivity index (χ3n) is 6.05. The van der Waals surface area contributed by atoms with Crippen molar-refractivity contribution in [3.8, 4) is 6.07 Å². The van der Waals surface area contributed by atoms with E-state index < -0.39 is 12.2 Å². The molecule has 0 saturated carbocycles. The number of aromatic amines is 1. The number of carbonyl (C=O) groups is 3. The minimum atomic E-state index is -0.698. The van der Waals surface area contributed by atoms with E-state index in [1.54, 1.807) is 24.3 Å². The van der Waals surface area contributed by atoms with Crippen molar-refractivity contribution in [1.82, 2.24) is 24.8 Å². The molecule has 15 heteroatoms. The van der Waals surface area contributed by atoms with Crippen LogP contribution in [0.1, 0.15) is 32.6 Å². The summed E-state index contributed by atoms with van der Waals surface area (Å²) in [5.74, 6) is 0.462. The zero-order valence-corrected chi connectivity index (χ0v) is 25.3. The maximum absolute atomic E-state index is 12.5. The highest BCUT2D eigenvalue weighted by Crippen LogP contribution is 2.19. The summed E-state index contributed by atoms with van der Waals surface area (Å²) in [6, 6.07) is 16.3. The highest BCUT2D eigenvalue weighted by Gasteiger charge is 2.18. The number of nitrogens with one attached hydrogen (secondary N) is 4. The van der Waals surface area contributed by atoms with Gasteiger partial charge in [0.15, 0.2) is 0 Å². The Balaban J connectivity index is 0.000000248. The number of H-pyrrole nitrogens is 1. The normalized spacial score (nSPS) is 10.4. The number of rotatable bonds is 14. The predicted molar refractivity (Wildman–Crippen MR) is 167 cm³/mol. The lowest BCUT2D eigenvalue weighted by molar-refractivity contribution is 0.0333. The first kappa shape index (κ1) is 34.3. The number of anilines is 2. The number of hydrogen-bond donors (Lipinski definition) is 4. The van der Waals surface area contributed by atoms with Gasteiger partial charge in [0.05, 0.1) is 55.1 Å². The molecule has 2 aromatic carbocycles. The number of hydrogen-bond acceptors (Lipinski definition) is 10. The Morgan fingerprint density at radius 3 is 2.38 bits per heavy atom. The number of carbonyl (C=O) groups excluding carboxylic acids is 3. The van der Waals surface area contributed by atoms with Crippen molar-refractivity contribution in [2.24, 2.45) is 0 Å². The lowest BCUT2D eigenvalue weighted by Gasteiger charge is -2.09. The van der Waals surface area contributed by atoms with Gasteiger partial charge in [0.1, 0.15) is 6.61 Å². The molecule has 0 unspecified atom stereocenters. The zero-order chi connectivity index (χ0) is 32.3. The molecule has 0 fully saturated rings. The van der Waals surface area contributed by atoms with Crippen LogP contribution >= 0.6 is 0 Å². The molecule has 15 nitrogen and oxygen atoms in total. The molecule has 4 rings (SSSR count). The van der Waals surface area contributed by atoms with Crippen LogP contribution in [0.5, 0.6) is 0 Å². The molecule has 4 N–H and O–H groups in total. The molecule has 0 aliphatic carbocycles. The Kier molecular flexibility index (Phi) is 14.6. The van der Waals surface area contributed by atoms with E-state index in [0.717, 1.165) is 30.3 Å². The van der Waals surface area contributed by atoms with Crippen LogP contribution in [0.3, 0.4) is 0 Å². The topological polar surface area (TPSA) is 195 Å². The van der Waals surface area contributed by atoms with Gasteiger partial charge in [-0.1, -0.05) is 30.7 Å². The summed E-state index contributed by atoms with van der Waals surface area (Å²) in [6.45, 7) is 4.61. The van der Waals surface area contributed by atoms with E-state index in [1.807, 2.05) is 31.2 Å². The second-order valence-corrected chi connectivity index (χ2v) is 9.25. The highest BCUT2D eigenvalue weighted by molar-refractivity contribution is 5.96. The second-order valence-electron chi connectivity index (χ2n) is 9.25. The molecule has 0 spiro atoms. The molecular weight excluding hydrogens is 584 g/mol. The minimum absolute atomic E-state index is 0.102. The number of unbranched alkanes of at least 4 members (excludes halogenated alkanes) is 3. The lowest BCUT2D eigenvalue weighted by Crippen LogP contribution is -2.31. The van der Waals surface area contributed by atoms with Gasteiger partial charge in [0.25, 0.3) is 0 Å². The van der Waals surface area contributed by atoms with Crippen molar-refractivity contribution in [2.45, 2.75) is 32.6 Å². The third kappa shape index (κ3) is 11.4. The van der Waals surface area contributed by atoms with Crippen molar-refractivity contribution in [3.05, 3.63) is 48.5 Å².